The molecule has 1 amide bonds. The second-order valence-corrected chi connectivity index (χ2v) is 4.52. The van der Waals surface area contributed by atoms with Crippen LogP contribution < -0.4 is 4.74 Å². The Morgan fingerprint density at radius 2 is 2.25 bits per heavy atom. The van der Waals surface area contributed by atoms with Crippen molar-refractivity contribution in [1.29, 1.82) is 0 Å². The zero-order chi connectivity index (χ0) is 14.9. The molecule has 0 aromatic heterocycles. The van der Waals surface area contributed by atoms with E-state index in [1.807, 2.05) is 0 Å². The minimum atomic E-state index is -1.50. The summed E-state index contributed by atoms with van der Waals surface area (Å²) < 4.78 is 4.63. The van der Waals surface area contributed by atoms with Crippen molar-refractivity contribution >= 4 is 17.7 Å². The van der Waals surface area contributed by atoms with Crippen LogP contribution in [0.1, 0.15) is 17.9 Å². The molecule has 1 aliphatic heterocycles. The number of nitrogens with zero attached hydrogens (tertiary/aromatic N) is 2. The van der Waals surface area contributed by atoms with E-state index in [0.717, 1.165) is 0 Å². The van der Waals surface area contributed by atoms with Gasteiger partial charge in [-0.2, -0.15) is 0 Å². The SMILES string of the molecule is CN1C[C@H](c2cc([N+](=O)[O-])ccc2OC(=O)O)CC1=O. The number of amides is 1. The van der Waals surface area contributed by atoms with Crippen molar-refractivity contribution in [3.63, 3.8) is 0 Å². The number of carboxylic acid groups (broad SMARTS) is 1. The maximum Gasteiger partial charge on any atom is 0.511 e. The first-order chi connectivity index (χ1) is 9.38. The molecule has 1 aliphatic rings. The molecule has 2 rings (SSSR count). The van der Waals surface area contributed by atoms with Crippen LogP contribution in [-0.4, -0.2) is 40.6 Å². The number of rotatable bonds is 3. The number of carbonyl (C=O) groups is 2. The maximum atomic E-state index is 11.5. The van der Waals surface area contributed by atoms with Gasteiger partial charge in [-0.25, -0.2) is 4.79 Å². The number of non-ortho nitro benzene ring substituents is 1. The highest BCUT2D eigenvalue weighted by atomic mass is 16.7. The molecule has 1 atom stereocenters. The van der Waals surface area contributed by atoms with Crippen molar-refractivity contribution in [3.05, 3.63) is 33.9 Å². The number of nitro groups is 1. The fraction of sp³-hybridized carbons (Fsp3) is 0.333. The lowest BCUT2D eigenvalue weighted by Crippen LogP contribution is -2.18. The second-order valence-electron chi connectivity index (χ2n) is 4.52. The van der Waals surface area contributed by atoms with Crippen molar-refractivity contribution in [2.45, 2.75) is 12.3 Å². The molecule has 0 saturated carbocycles. The molecule has 1 N–H and O–H groups in total. The van der Waals surface area contributed by atoms with E-state index < -0.39 is 11.1 Å². The Labute approximate surface area is 113 Å². The molecule has 1 saturated heterocycles. The molecule has 1 heterocycles. The fourth-order valence-electron chi connectivity index (χ4n) is 2.23. The van der Waals surface area contributed by atoms with Crippen molar-refractivity contribution < 1.29 is 24.4 Å². The van der Waals surface area contributed by atoms with Crippen LogP contribution in [0.15, 0.2) is 18.2 Å². The lowest BCUT2D eigenvalue weighted by Gasteiger charge is -2.13. The third kappa shape index (κ3) is 2.68. The number of hydrogen-bond acceptors (Lipinski definition) is 5. The van der Waals surface area contributed by atoms with Gasteiger partial charge in [0.15, 0.2) is 0 Å². The number of benzene rings is 1. The number of likely N-dealkylation sites (N-methyl/N-ethyl adjacent to an activating group) is 1. The van der Waals surface area contributed by atoms with Crippen LogP contribution in [0.2, 0.25) is 0 Å². The summed E-state index contributed by atoms with van der Waals surface area (Å²) >= 11 is 0. The van der Waals surface area contributed by atoms with E-state index in [-0.39, 0.29) is 29.7 Å². The van der Waals surface area contributed by atoms with E-state index >= 15 is 0 Å². The summed E-state index contributed by atoms with van der Waals surface area (Å²) in [5, 5.41) is 19.5. The molecule has 0 aliphatic carbocycles. The number of ether oxygens (including phenoxy) is 1. The highest BCUT2D eigenvalue weighted by Gasteiger charge is 2.31. The summed E-state index contributed by atoms with van der Waals surface area (Å²) in [6, 6.07) is 3.67. The predicted molar refractivity (Wildman–Crippen MR) is 66.7 cm³/mol. The average Bonchev–Trinajstić information content (AvgIpc) is 2.69. The summed E-state index contributed by atoms with van der Waals surface area (Å²) in [6.45, 7) is 0.371. The highest BCUT2D eigenvalue weighted by Crippen LogP contribution is 2.36. The summed E-state index contributed by atoms with van der Waals surface area (Å²) in [5.74, 6) is -0.388. The number of nitro benzene ring substituents is 1. The van der Waals surface area contributed by atoms with E-state index in [1.165, 1.54) is 23.1 Å². The van der Waals surface area contributed by atoms with Gasteiger partial charge in [0.2, 0.25) is 5.91 Å². The van der Waals surface area contributed by atoms with Crippen molar-refractivity contribution in [3.8, 4) is 5.75 Å². The lowest BCUT2D eigenvalue weighted by atomic mass is 9.96. The monoisotopic (exact) mass is 280 g/mol. The molecular weight excluding hydrogens is 268 g/mol. The average molecular weight is 280 g/mol. The van der Waals surface area contributed by atoms with E-state index in [4.69, 9.17) is 5.11 Å². The quantitative estimate of drug-likeness (QED) is 0.389. The van der Waals surface area contributed by atoms with Gasteiger partial charge >= 0.3 is 6.16 Å². The van der Waals surface area contributed by atoms with Crippen LogP contribution in [0, 0.1) is 10.1 Å². The summed E-state index contributed by atoms with van der Waals surface area (Å²) in [4.78, 5) is 33.9. The van der Waals surface area contributed by atoms with Crippen LogP contribution in [0.25, 0.3) is 0 Å². The van der Waals surface area contributed by atoms with E-state index in [1.54, 1.807) is 7.05 Å². The standard InChI is InChI=1S/C12H12N2O6/c1-13-6-7(4-11(13)15)9-5-8(14(18)19)2-3-10(9)20-12(16)17/h2-3,5,7H,4,6H2,1H3,(H,16,17)/t7-/m1/s1. The van der Waals surface area contributed by atoms with Gasteiger partial charge < -0.3 is 14.7 Å². The molecule has 20 heavy (non-hydrogen) atoms. The Balaban J connectivity index is 2.41. The molecule has 8 heteroatoms. The molecule has 106 valence electrons. The Morgan fingerprint density at radius 3 is 2.75 bits per heavy atom. The van der Waals surface area contributed by atoms with Gasteiger partial charge in [-0.15, -0.1) is 0 Å². The van der Waals surface area contributed by atoms with Gasteiger partial charge in [0.1, 0.15) is 5.75 Å². The minimum absolute atomic E-state index is 0.0243. The van der Waals surface area contributed by atoms with Crippen LogP contribution in [0.5, 0.6) is 5.75 Å². The Kier molecular flexibility index (Phi) is 3.55. The first kappa shape index (κ1) is 13.8. The Bertz CT molecular complexity index is 585. The molecule has 0 radical (unpaired) electrons. The smallest absolute Gasteiger partial charge is 0.449 e. The highest BCUT2D eigenvalue weighted by molar-refractivity contribution is 5.80. The normalized spacial score (nSPS) is 18.1. The van der Waals surface area contributed by atoms with Crippen LogP contribution in [0.3, 0.4) is 0 Å². The second kappa shape index (κ2) is 5.16. The van der Waals surface area contributed by atoms with Crippen molar-refractivity contribution in [1.82, 2.24) is 4.90 Å². The number of likely N-dealkylation sites (tertiary alicyclic amines) is 1. The largest absolute Gasteiger partial charge is 0.511 e. The lowest BCUT2D eigenvalue weighted by molar-refractivity contribution is -0.385. The maximum absolute atomic E-state index is 11.5. The molecule has 1 aromatic rings. The van der Waals surface area contributed by atoms with E-state index in [2.05, 4.69) is 4.74 Å². The van der Waals surface area contributed by atoms with Gasteiger partial charge in [-0.3, -0.25) is 14.9 Å². The van der Waals surface area contributed by atoms with E-state index in [0.29, 0.717) is 12.1 Å². The van der Waals surface area contributed by atoms with E-state index in [9.17, 15) is 19.7 Å². The van der Waals surface area contributed by atoms with Gasteiger partial charge in [-0.05, 0) is 6.07 Å². The third-order valence-corrected chi connectivity index (χ3v) is 3.18. The van der Waals surface area contributed by atoms with Crippen LogP contribution >= 0.6 is 0 Å². The Hall–Kier alpha value is -2.64. The number of carbonyl (C=O) groups excluding carboxylic acids is 1. The van der Waals surface area contributed by atoms with Crippen molar-refractivity contribution in [2.75, 3.05) is 13.6 Å². The Morgan fingerprint density at radius 1 is 1.55 bits per heavy atom. The molecule has 0 spiro atoms. The number of hydrogen-bond donors (Lipinski definition) is 1. The summed E-state index contributed by atoms with van der Waals surface area (Å²) in [7, 11) is 1.62. The molecule has 0 bridgehead atoms. The summed E-state index contributed by atoms with van der Waals surface area (Å²) in [6.07, 6.45) is -1.33. The van der Waals surface area contributed by atoms with Gasteiger partial charge in [0.25, 0.3) is 5.69 Å². The first-order valence-corrected chi connectivity index (χ1v) is 5.81. The first-order valence-electron chi connectivity index (χ1n) is 5.81. The van der Waals surface area contributed by atoms with Crippen molar-refractivity contribution in [2.24, 2.45) is 0 Å². The summed E-state index contributed by atoms with van der Waals surface area (Å²) in [5.41, 5.74) is 0.194. The molecule has 0 unspecified atom stereocenters. The van der Waals surface area contributed by atoms with Crippen LogP contribution in [-0.2, 0) is 4.79 Å². The fourth-order valence-corrected chi connectivity index (χ4v) is 2.23. The van der Waals surface area contributed by atoms with Gasteiger partial charge in [0.05, 0.1) is 4.92 Å². The minimum Gasteiger partial charge on any atom is -0.449 e. The molecule has 8 nitrogen and oxygen atoms in total. The van der Waals surface area contributed by atoms with Gasteiger partial charge in [0, 0.05) is 43.6 Å². The third-order valence-electron chi connectivity index (χ3n) is 3.18. The van der Waals surface area contributed by atoms with Crippen LogP contribution in [0.4, 0.5) is 10.5 Å². The molecular formula is C12H12N2O6. The topological polar surface area (TPSA) is 110 Å². The zero-order valence-electron chi connectivity index (χ0n) is 10.6. The van der Waals surface area contributed by atoms with Gasteiger partial charge in [-0.1, -0.05) is 0 Å². The molecule has 1 aromatic carbocycles. The molecule has 1 fully saturated rings. The zero-order valence-corrected chi connectivity index (χ0v) is 10.6. The predicted octanol–water partition coefficient (Wildman–Crippen LogP) is 1.60.